The highest BCUT2D eigenvalue weighted by atomic mass is 16.6. The van der Waals surface area contributed by atoms with Crippen LogP contribution in [0.4, 0.5) is 0 Å². The molecule has 120 valence electrons. The van der Waals surface area contributed by atoms with Gasteiger partial charge in [0.25, 0.3) is 0 Å². The highest BCUT2D eigenvalue weighted by Gasteiger charge is 2.61. The van der Waals surface area contributed by atoms with Crippen molar-refractivity contribution in [2.45, 2.75) is 77.9 Å². The maximum Gasteiger partial charge on any atom is 0.330 e. The Morgan fingerprint density at radius 2 is 1.81 bits per heavy atom. The third-order valence-corrected chi connectivity index (χ3v) is 4.80. The molecule has 0 aromatic heterocycles. The lowest BCUT2D eigenvalue weighted by atomic mass is 9.88. The van der Waals surface area contributed by atoms with E-state index in [1.165, 1.54) is 12.7 Å². The van der Waals surface area contributed by atoms with Crippen LogP contribution in [0.5, 0.6) is 0 Å². The van der Waals surface area contributed by atoms with Gasteiger partial charge in [-0.25, -0.2) is 4.79 Å². The molecule has 0 bridgehead atoms. The number of epoxide rings is 1. The third kappa shape index (κ3) is 4.99. The van der Waals surface area contributed by atoms with E-state index in [9.17, 15) is 4.79 Å². The second kappa shape index (κ2) is 7.26. The van der Waals surface area contributed by atoms with Crippen LogP contribution in [0.3, 0.4) is 0 Å². The molecule has 3 heteroatoms. The molecule has 21 heavy (non-hydrogen) atoms. The Morgan fingerprint density at radius 1 is 1.14 bits per heavy atom. The van der Waals surface area contributed by atoms with Crippen LogP contribution in [-0.4, -0.2) is 24.3 Å². The van der Waals surface area contributed by atoms with Crippen LogP contribution >= 0.6 is 0 Å². The molecule has 1 aliphatic rings. The van der Waals surface area contributed by atoms with E-state index in [-0.39, 0.29) is 17.2 Å². The summed E-state index contributed by atoms with van der Waals surface area (Å²) < 4.78 is 10.5. The molecule has 3 nitrogen and oxygen atoms in total. The summed E-state index contributed by atoms with van der Waals surface area (Å²) in [4.78, 5) is 11.1. The lowest BCUT2D eigenvalue weighted by Gasteiger charge is -2.11. The summed E-state index contributed by atoms with van der Waals surface area (Å²) >= 11 is 0. The fourth-order valence-electron chi connectivity index (χ4n) is 2.65. The molecule has 1 aliphatic heterocycles. The number of allylic oxidation sites excluding steroid dienone is 3. The van der Waals surface area contributed by atoms with Crippen molar-refractivity contribution in [3.05, 3.63) is 23.3 Å². The maximum absolute atomic E-state index is 11.1. The largest absolute Gasteiger partial charge is 0.466 e. The summed E-state index contributed by atoms with van der Waals surface area (Å²) in [7, 11) is 1.40. The van der Waals surface area contributed by atoms with Gasteiger partial charge >= 0.3 is 5.97 Å². The Hall–Kier alpha value is -1.09. The zero-order chi connectivity index (χ0) is 16.1. The van der Waals surface area contributed by atoms with Gasteiger partial charge in [-0.15, -0.1) is 0 Å². The number of ether oxygens (including phenoxy) is 2. The van der Waals surface area contributed by atoms with E-state index in [2.05, 4.69) is 38.5 Å². The molecule has 0 aromatic carbocycles. The van der Waals surface area contributed by atoms with Gasteiger partial charge in [0.1, 0.15) is 0 Å². The van der Waals surface area contributed by atoms with Gasteiger partial charge < -0.3 is 9.47 Å². The molecule has 1 rings (SSSR count). The van der Waals surface area contributed by atoms with E-state index < -0.39 is 0 Å². The van der Waals surface area contributed by atoms with Gasteiger partial charge in [0, 0.05) is 6.08 Å². The summed E-state index contributed by atoms with van der Waals surface area (Å²) in [6, 6.07) is 0. The van der Waals surface area contributed by atoms with Gasteiger partial charge in [-0.3, -0.25) is 0 Å². The smallest absolute Gasteiger partial charge is 0.330 e. The van der Waals surface area contributed by atoms with Crippen molar-refractivity contribution in [3.63, 3.8) is 0 Å². The highest BCUT2D eigenvalue weighted by molar-refractivity contribution is 5.82. The van der Waals surface area contributed by atoms with Gasteiger partial charge in [-0.2, -0.15) is 0 Å². The standard InChI is InChI=1S/C18H30O3/c1-7-17(4)18(5,21-17)12-11-14(2)9-8-10-15(3)13-16(19)20-6/h9,13H,7-8,10-12H2,1-6H3/b14-9+,15-13+/t17-,18+/m0/s1. The van der Waals surface area contributed by atoms with Crippen molar-refractivity contribution in [1.82, 2.24) is 0 Å². The number of carbonyl (C=O) groups excluding carboxylic acids is 1. The minimum absolute atomic E-state index is 0.0531. The van der Waals surface area contributed by atoms with Gasteiger partial charge in [0.05, 0.1) is 18.3 Å². The number of carbonyl (C=O) groups is 1. The van der Waals surface area contributed by atoms with Gasteiger partial charge in [0.15, 0.2) is 0 Å². The van der Waals surface area contributed by atoms with Crippen molar-refractivity contribution in [1.29, 1.82) is 0 Å². The minimum Gasteiger partial charge on any atom is -0.466 e. The van der Waals surface area contributed by atoms with Gasteiger partial charge in [-0.05, 0) is 59.8 Å². The second-order valence-electron chi connectivity index (χ2n) is 6.52. The van der Waals surface area contributed by atoms with Crippen molar-refractivity contribution in [2.24, 2.45) is 0 Å². The molecule has 0 unspecified atom stereocenters. The molecule has 0 radical (unpaired) electrons. The molecule has 0 amide bonds. The fourth-order valence-corrected chi connectivity index (χ4v) is 2.65. The van der Waals surface area contributed by atoms with Gasteiger partial charge in [0.2, 0.25) is 0 Å². The molecule has 1 fully saturated rings. The van der Waals surface area contributed by atoms with E-state index in [1.807, 2.05) is 6.92 Å². The Bertz CT molecular complexity index is 436. The zero-order valence-electron chi connectivity index (χ0n) is 14.4. The average molecular weight is 294 g/mol. The summed E-state index contributed by atoms with van der Waals surface area (Å²) in [6.45, 7) is 10.7. The predicted molar refractivity (Wildman–Crippen MR) is 86.2 cm³/mol. The first-order valence-corrected chi connectivity index (χ1v) is 7.87. The summed E-state index contributed by atoms with van der Waals surface area (Å²) in [5.41, 5.74) is 2.59. The number of hydrogen-bond donors (Lipinski definition) is 0. The molecule has 2 atom stereocenters. The Labute approximate surface area is 129 Å². The zero-order valence-corrected chi connectivity index (χ0v) is 14.4. The first-order valence-electron chi connectivity index (χ1n) is 7.87. The van der Waals surface area contributed by atoms with Crippen LogP contribution in [0.1, 0.15) is 66.7 Å². The first kappa shape index (κ1) is 18.0. The van der Waals surface area contributed by atoms with Crippen LogP contribution in [0.15, 0.2) is 23.3 Å². The molecule has 1 heterocycles. The number of hydrogen-bond acceptors (Lipinski definition) is 3. The highest BCUT2D eigenvalue weighted by Crippen LogP contribution is 2.53. The Morgan fingerprint density at radius 3 is 2.33 bits per heavy atom. The van der Waals surface area contributed by atoms with Crippen molar-refractivity contribution < 1.29 is 14.3 Å². The molecule has 0 saturated carbocycles. The van der Waals surface area contributed by atoms with Crippen LogP contribution in [0.2, 0.25) is 0 Å². The van der Waals surface area contributed by atoms with Crippen molar-refractivity contribution in [2.75, 3.05) is 7.11 Å². The summed E-state index contributed by atoms with van der Waals surface area (Å²) in [6.07, 6.45) is 8.92. The quantitative estimate of drug-likeness (QED) is 0.285. The maximum atomic E-state index is 11.1. The van der Waals surface area contributed by atoms with E-state index >= 15 is 0 Å². The number of methoxy groups -OCH3 is 1. The van der Waals surface area contributed by atoms with Crippen molar-refractivity contribution in [3.8, 4) is 0 Å². The van der Waals surface area contributed by atoms with Crippen LogP contribution in [0.25, 0.3) is 0 Å². The van der Waals surface area contributed by atoms with E-state index in [4.69, 9.17) is 4.74 Å². The Kier molecular flexibility index (Phi) is 6.21. The van der Waals surface area contributed by atoms with E-state index in [1.54, 1.807) is 6.08 Å². The summed E-state index contributed by atoms with van der Waals surface area (Å²) in [5.74, 6) is -0.272. The van der Waals surface area contributed by atoms with Crippen molar-refractivity contribution >= 4 is 5.97 Å². The lowest BCUT2D eigenvalue weighted by molar-refractivity contribution is -0.134. The molecule has 0 aromatic rings. The van der Waals surface area contributed by atoms with Gasteiger partial charge in [-0.1, -0.05) is 24.1 Å². The predicted octanol–water partition coefficient (Wildman–Crippen LogP) is 4.57. The molecular weight excluding hydrogens is 264 g/mol. The average Bonchev–Trinajstić information content (AvgIpc) is 2.99. The molecule has 1 saturated heterocycles. The monoisotopic (exact) mass is 294 g/mol. The lowest BCUT2D eigenvalue weighted by Crippen LogP contribution is -2.18. The molecular formula is C18H30O3. The van der Waals surface area contributed by atoms with E-state index in [0.717, 1.165) is 37.7 Å². The summed E-state index contributed by atoms with van der Waals surface area (Å²) in [5, 5.41) is 0. The number of rotatable bonds is 8. The topological polar surface area (TPSA) is 38.8 Å². The third-order valence-electron chi connectivity index (χ3n) is 4.80. The SMILES string of the molecule is CC[C@]1(C)O[C@]1(C)CC/C(C)=C/CC/C(C)=C/C(=O)OC. The van der Waals surface area contributed by atoms with E-state index in [0.29, 0.717) is 0 Å². The minimum atomic E-state index is -0.272. The van der Waals surface area contributed by atoms with Crippen LogP contribution in [0, 0.1) is 0 Å². The Balaban J connectivity index is 2.32. The second-order valence-corrected chi connectivity index (χ2v) is 6.52. The fraction of sp³-hybridized carbons (Fsp3) is 0.722. The number of esters is 1. The first-order chi connectivity index (χ1) is 9.76. The normalized spacial score (nSPS) is 29.4. The van der Waals surface area contributed by atoms with Crippen LogP contribution in [-0.2, 0) is 14.3 Å². The molecule has 0 spiro atoms. The molecule has 0 N–H and O–H groups in total. The molecule has 0 aliphatic carbocycles. The van der Waals surface area contributed by atoms with Crippen LogP contribution < -0.4 is 0 Å².